The highest BCUT2D eigenvalue weighted by molar-refractivity contribution is 7.13. The van der Waals surface area contributed by atoms with Gasteiger partial charge in [0.05, 0.1) is 17.0 Å². The summed E-state index contributed by atoms with van der Waals surface area (Å²) in [4.78, 5) is 29.0. The van der Waals surface area contributed by atoms with E-state index in [-0.39, 0.29) is 18.4 Å². The molecular formula is C22H18N4O3S. The highest BCUT2D eigenvalue weighted by Gasteiger charge is 2.28. The van der Waals surface area contributed by atoms with Crippen molar-refractivity contribution in [2.24, 2.45) is 5.10 Å². The Morgan fingerprint density at radius 2 is 1.93 bits per heavy atom. The van der Waals surface area contributed by atoms with Crippen molar-refractivity contribution in [3.63, 3.8) is 0 Å². The average Bonchev–Trinajstić information content (AvgIpc) is 3.37. The number of nitrogens with one attached hydrogen (secondary N) is 1. The molecule has 8 heteroatoms. The molecule has 4 rings (SSSR count). The van der Waals surface area contributed by atoms with Crippen LogP contribution in [0.1, 0.15) is 12.5 Å². The van der Waals surface area contributed by atoms with Gasteiger partial charge in [0.1, 0.15) is 5.75 Å². The van der Waals surface area contributed by atoms with Gasteiger partial charge < -0.3 is 4.74 Å². The Bertz CT molecular complexity index is 1120. The maximum Gasteiger partial charge on any atom is 0.280 e. The van der Waals surface area contributed by atoms with Crippen LogP contribution >= 0.6 is 11.3 Å². The molecule has 30 heavy (non-hydrogen) atoms. The van der Waals surface area contributed by atoms with Gasteiger partial charge in [0.25, 0.3) is 11.8 Å². The molecule has 2 heterocycles. The monoisotopic (exact) mass is 418 g/mol. The number of hydrogen-bond donors (Lipinski definition) is 1. The zero-order valence-corrected chi connectivity index (χ0v) is 16.9. The Morgan fingerprint density at radius 1 is 1.17 bits per heavy atom. The van der Waals surface area contributed by atoms with Gasteiger partial charge in [0.15, 0.2) is 11.7 Å². The molecule has 0 unspecified atom stereocenters. The number of hydrazone groups is 1. The van der Waals surface area contributed by atoms with Crippen LogP contribution in [-0.4, -0.2) is 29.1 Å². The average molecular weight is 418 g/mol. The molecule has 1 aliphatic rings. The lowest BCUT2D eigenvalue weighted by atomic mass is 10.1. The van der Waals surface area contributed by atoms with Gasteiger partial charge in [-0.05, 0) is 31.2 Å². The standard InChI is InChI=1S/C22H18N4O3S/c1-15-18(21(28)26(25-15)17-8-3-2-4-9-17)13-16-7-5-6-10-19(16)29-14-20(27)24-22-23-11-12-30-22/h2-13H,14H2,1H3,(H,23,24,27)/b18-13-. The quantitative estimate of drug-likeness (QED) is 0.614. The number of thiazole rings is 1. The van der Waals surface area contributed by atoms with E-state index in [1.54, 1.807) is 30.6 Å². The number of rotatable bonds is 6. The Kier molecular flexibility index (Phi) is 5.67. The van der Waals surface area contributed by atoms with E-state index in [4.69, 9.17) is 4.74 Å². The fourth-order valence-electron chi connectivity index (χ4n) is 2.90. The fourth-order valence-corrected chi connectivity index (χ4v) is 3.44. The summed E-state index contributed by atoms with van der Waals surface area (Å²) in [6, 6.07) is 16.5. The van der Waals surface area contributed by atoms with Crippen LogP contribution in [0.2, 0.25) is 0 Å². The van der Waals surface area contributed by atoms with Crippen LogP contribution in [0.25, 0.3) is 6.08 Å². The molecule has 0 saturated heterocycles. The van der Waals surface area contributed by atoms with E-state index in [1.165, 1.54) is 16.3 Å². The summed E-state index contributed by atoms with van der Waals surface area (Å²) in [5, 5.41) is 10.7. The highest BCUT2D eigenvalue weighted by atomic mass is 32.1. The zero-order valence-electron chi connectivity index (χ0n) is 16.1. The van der Waals surface area contributed by atoms with E-state index < -0.39 is 0 Å². The number of ether oxygens (including phenoxy) is 1. The molecular weight excluding hydrogens is 400 g/mol. The highest BCUT2D eigenvalue weighted by Crippen LogP contribution is 2.27. The van der Waals surface area contributed by atoms with E-state index in [2.05, 4.69) is 15.4 Å². The third kappa shape index (κ3) is 4.28. The lowest BCUT2D eigenvalue weighted by molar-refractivity contribution is -0.118. The summed E-state index contributed by atoms with van der Waals surface area (Å²) in [6.45, 7) is 1.62. The molecule has 0 spiro atoms. The molecule has 2 aromatic carbocycles. The van der Waals surface area contributed by atoms with Crippen molar-refractivity contribution < 1.29 is 14.3 Å². The molecule has 0 fully saturated rings. The summed E-state index contributed by atoms with van der Waals surface area (Å²) in [5.41, 5.74) is 2.48. The first-order valence-electron chi connectivity index (χ1n) is 9.20. The van der Waals surface area contributed by atoms with E-state index in [1.807, 2.05) is 48.5 Å². The van der Waals surface area contributed by atoms with Crippen molar-refractivity contribution >= 4 is 45.8 Å². The molecule has 150 valence electrons. The first-order chi connectivity index (χ1) is 14.6. The molecule has 1 N–H and O–H groups in total. The second-order valence-electron chi connectivity index (χ2n) is 6.41. The number of hydrogen-bond acceptors (Lipinski definition) is 6. The fraction of sp³-hybridized carbons (Fsp3) is 0.0909. The molecule has 0 aliphatic carbocycles. The SMILES string of the molecule is CC1=NN(c2ccccc2)C(=O)/C1=C\c1ccccc1OCC(=O)Nc1nccs1. The van der Waals surface area contributed by atoms with Gasteiger partial charge in [-0.1, -0.05) is 36.4 Å². The summed E-state index contributed by atoms with van der Waals surface area (Å²) in [5.74, 6) is -0.0228. The molecule has 1 aliphatic heterocycles. The number of carbonyl (C=O) groups excluding carboxylic acids is 2. The Morgan fingerprint density at radius 3 is 2.70 bits per heavy atom. The van der Waals surface area contributed by atoms with Crippen LogP contribution in [0.4, 0.5) is 10.8 Å². The summed E-state index contributed by atoms with van der Waals surface area (Å²) >= 11 is 1.33. The van der Waals surface area contributed by atoms with E-state index in [0.29, 0.717) is 33.4 Å². The minimum absolute atomic E-state index is 0.170. The molecule has 1 aromatic heterocycles. The molecule has 0 saturated carbocycles. The Hall–Kier alpha value is -3.78. The minimum atomic E-state index is -0.308. The van der Waals surface area contributed by atoms with Crippen molar-refractivity contribution in [1.82, 2.24) is 4.98 Å². The molecule has 2 amide bonds. The molecule has 7 nitrogen and oxygen atoms in total. The van der Waals surface area contributed by atoms with Crippen LogP contribution in [0, 0.1) is 0 Å². The summed E-state index contributed by atoms with van der Waals surface area (Å²) in [6.07, 6.45) is 3.35. The maximum absolute atomic E-state index is 12.9. The summed E-state index contributed by atoms with van der Waals surface area (Å²) < 4.78 is 5.70. The smallest absolute Gasteiger partial charge is 0.280 e. The van der Waals surface area contributed by atoms with Crippen LogP contribution in [0.3, 0.4) is 0 Å². The topological polar surface area (TPSA) is 83.9 Å². The molecule has 3 aromatic rings. The van der Waals surface area contributed by atoms with Gasteiger partial charge >= 0.3 is 0 Å². The lowest BCUT2D eigenvalue weighted by Crippen LogP contribution is -2.21. The predicted molar refractivity (Wildman–Crippen MR) is 118 cm³/mol. The van der Waals surface area contributed by atoms with E-state index in [0.717, 1.165) is 0 Å². The third-order valence-corrected chi connectivity index (χ3v) is 5.01. The Balaban J connectivity index is 1.51. The molecule has 0 atom stereocenters. The van der Waals surface area contributed by atoms with Gasteiger partial charge in [0, 0.05) is 17.1 Å². The number of nitrogens with zero attached hydrogens (tertiary/aromatic N) is 3. The molecule has 0 radical (unpaired) electrons. The van der Waals surface area contributed by atoms with E-state index in [9.17, 15) is 9.59 Å². The van der Waals surface area contributed by atoms with Gasteiger partial charge in [-0.2, -0.15) is 10.1 Å². The first kappa shape index (κ1) is 19.5. The molecule has 0 bridgehead atoms. The van der Waals surface area contributed by atoms with Crippen molar-refractivity contribution in [2.75, 3.05) is 16.9 Å². The number of carbonyl (C=O) groups is 2. The number of amides is 2. The zero-order chi connectivity index (χ0) is 20.9. The number of benzene rings is 2. The van der Waals surface area contributed by atoms with Crippen LogP contribution in [0.15, 0.2) is 76.8 Å². The van der Waals surface area contributed by atoms with Gasteiger partial charge in [-0.25, -0.2) is 4.98 Å². The van der Waals surface area contributed by atoms with Gasteiger partial charge in [-0.15, -0.1) is 11.3 Å². The van der Waals surface area contributed by atoms with Crippen LogP contribution in [-0.2, 0) is 9.59 Å². The largest absolute Gasteiger partial charge is 0.483 e. The first-order valence-corrected chi connectivity index (χ1v) is 10.1. The van der Waals surface area contributed by atoms with E-state index >= 15 is 0 Å². The van der Waals surface area contributed by atoms with Crippen molar-refractivity contribution in [2.45, 2.75) is 6.92 Å². The number of anilines is 2. The second-order valence-corrected chi connectivity index (χ2v) is 7.30. The normalized spacial score (nSPS) is 14.7. The number of aromatic nitrogens is 1. The predicted octanol–water partition coefficient (Wildman–Crippen LogP) is 3.97. The van der Waals surface area contributed by atoms with Gasteiger partial charge in [0.2, 0.25) is 0 Å². The lowest BCUT2D eigenvalue weighted by Gasteiger charge is -2.11. The van der Waals surface area contributed by atoms with Crippen LogP contribution < -0.4 is 15.1 Å². The van der Waals surface area contributed by atoms with Crippen LogP contribution in [0.5, 0.6) is 5.75 Å². The second kappa shape index (κ2) is 8.71. The van der Waals surface area contributed by atoms with Crippen molar-refractivity contribution in [3.8, 4) is 5.75 Å². The van der Waals surface area contributed by atoms with Crippen molar-refractivity contribution in [1.29, 1.82) is 0 Å². The maximum atomic E-state index is 12.9. The number of para-hydroxylation sites is 2. The minimum Gasteiger partial charge on any atom is -0.483 e. The third-order valence-electron chi connectivity index (χ3n) is 4.32. The van der Waals surface area contributed by atoms with Gasteiger partial charge in [-0.3, -0.25) is 14.9 Å². The summed E-state index contributed by atoms with van der Waals surface area (Å²) in [7, 11) is 0. The van der Waals surface area contributed by atoms with Crippen molar-refractivity contribution in [3.05, 3.63) is 77.3 Å². The Labute approximate surface area is 177 Å².